The van der Waals surface area contributed by atoms with E-state index < -0.39 is 10.0 Å². The van der Waals surface area contributed by atoms with Gasteiger partial charge in [-0.25, -0.2) is 13.4 Å². The number of hydrogen-bond donors (Lipinski definition) is 1. The Kier molecular flexibility index (Phi) is 3.60. The molecule has 8 heteroatoms. The third-order valence-corrected chi connectivity index (χ3v) is 5.42. The van der Waals surface area contributed by atoms with Gasteiger partial charge >= 0.3 is 0 Å². The highest BCUT2D eigenvalue weighted by molar-refractivity contribution is 7.89. The van der Waals surface area contributed by atoms with E-state index in [9.17, 15) is 8.42 Å². The largest absolute Gasteiger partial charge is 0.381 e. The van der Waals surface area contributed by atoms with Crippen molar-refractivity contribution in [1.29, 1.82) is 0 Å². The van der Waals surface area contributed by atoms with Crippen molar-refractivity contribution in [2.24, 2.45) is 0 Å². The van der Waals surface area contributed by atoms with Crippen molar-refractivity contribution in [2.45, 2.75) is 24.5 Å². The van der Waals surface area contributed by atoms with Crippen LogP contribution in [0.25, 0.3) is 5.65 Å². The molecule has 2 aromatic heterocycles. The monoisotopic (exact) mass is 310 g/mol. The Morgan fingerprint density at radius 3 is 3.05 bits per heavy atom. The van der Waals surface area contributed by atoms with Crippen molar-refractivity contribution in [2.75, 3.05) is 25.4 Å². The Morgan fingerprint density at radius 1 is 1.43 bits per heavy atom. The van der Waals surface area contributed by atoms with Crippen molar-refractivity contribution in [3.63, 3.8) is 0 Å². The minimum atomic E-state index is -3.70. The second-order valence-corrected chi connectivity index (χ2v) is 6.98. The fourth-order valence-electron chi connectivity index (χ4n) is 2.54. The lowest BCUT2D eigenvalue weighted by Gasteiger charge is -2.21. The van der Waals surface area contributed by atoms with Crippen LogP contribution >= 0.6 is 0 Å². The number of nitrogen functional groups attached to an aromatic ring is 1. The zero-order valence-corrected chi connectivity index (χ0v) is 12.6. The maximum Gasteiger partial charge on any atom is 0.262 e. The summed E-state index contributed by atoms with van der Waals surface area (Å²) in [4.78, 5) is 4.12. The van der Waals surface area contributed by atoms with E-state index in [-0.39, 0.29) is 16.9 Å². The predicted octanol–water partition coefficient (Wildman–Crippen LogP) is 0.716. The van der Waals surface area contributed by atoms with E-state index in [4.69, 9.17) is 10.5 Å². The highest BCUT2D eigenvalue weighted by Crippen LogP contribution is 2.25. The average molecular weight is 310 g/mol. The molecule has 2 N–H and O–H groups in total. The number of nitrogens with two attached hydrogens (primary N) is 1. The third kappa shape index (κ3) is 2.50. The smallest absolute Gasteiger partial charge is 0.262 e. The molecule has 1 atom stereocenters. The van der Waals surface area contributed by atoms with Crippen LogP contribution in [0.5, 0.6) is 0 Å². The SMILES string of the molecule is CC1CN(S(=O)(=O)c2c(N)nc3ccccn23)CCCO1. The van der Waals surface area contributed by atoms with Crippen molar-refractivity contribution in [3.05, 3.63) is 24.4 Å². The number of hydrogen-bond acceptors (Lipinski definition) is 5. The van der Waals surface area contributed by atoms with Crippen LogP contribution in [0.15, 0.2) is 29.4 Å². The van der Waals surface area contributed by atoms with Gasteiger partial charge in [0.25, 0.3) is 10.0 Å². The van der Waals surface area contributed by atoms with Gasteiger partial charge in [-0.2, -0.15) is 4.31 Å². The molecule has 3 rings (SSSR count). The summed E-state index contributed by atoms with van der Waals surface area (Å²) in [6.45, 7) is 3.18. The molecule has 0 spiro atoms. The van der Waals surface area contributed by atoms with Crippen LogP contribution in [-0.4, -0.2) is 47.9 Å². The lowest BCUT2D eigenvalue weighted by atomic mass is 10.4. The second kappa shape index (κ2) is 5.28. The lowest BCUT2D eigenvalue weighted by molar-refractivity contribution is 0.0752. The van der Waals surface area contributed by atoms with Gasteiger partial charge in [0.2, 0.25) is 0 Å². The molecule has 21 heavy (non-hydrogen) atoms. The second-order valence-electron chi connectivity index (χ2n) is 5.13. The summed E-state index contributed by atoms with van der Waals surface area (Å²) < 4.78 is 34.3. The zero-order chi connectivity index (χ0) is 15.0. The van der Waals surface area contributed by atoms with Crippen LogP contribution < -0.4 is 5.73 Å². The first-order chi connectivity index (χ1) is 10.00. The van der Waals surface area contributed by atoms with Gasteiger partial charge in [0.15, 0.2) is 10.8 Å². The molecule has 1 saturated heterocycles. The first-order valence-corrected chi connectivity index (χ1v) is 8.28. The number of sulfonamides is 1. The van der Waals surface area contributed by atoms with Crippen LogP contribution in [0, 0.1) is 0 Å². The van der Waals surface area contributed by atoms with Gasteiger partial charge in [-0.15, -0.1) is 0 Å². The van der Waals surface area contributed by atoms with E-state index in [1.54, 1.807) is 24.4 Å². The number of anilines is 1. The minimum absolute atomic E-state index is 0.0269. The molecule has 0 saturated carbocycles. The van der Waals surface area contributed by atoms with Crippen LogP contribution in [0.4, 0.5) is 5.82 Å². The Morgan fingerprint density at radius 2 is 2.24 bits per heavy atom. The molecule has 3 heterocycles. The van der Waals surface area contributed by atoms with E-state index in [1.807, 2.05) is 6.92 Å². The molecule has 0 aromatic carbocycles. The molecule has 0 amide bonds. The zero-order valence-electron chi connectivity index (χ0n) is 11.8. The Labute approximate surface area is 123 Å². The van der Waals surface area contributed by atoms with Gasteiger partial charge in [-0.1, -0.05) is 6.07 Å². The van der Waals surface area contributed by atoms with E-state index in [1.165, 1.54) is 8.71 Å². The summed E-state index contributed by atoms with van der Waals surface area (Å²) in [5, 5.41) is 0.0344. The fraction of sp³-hybridized carbons (Fsp3) is 0.462. The van der Waals surface area contributed by atoms with Gasteiger partial charge in [-0.05, 0) is 25.5 Å². The molecule has 0 radical (unpaired) electrons. The Bertz CT molecular complexity index is 756. The van der Waals surface area contributed by atoms with E-state index in [0.29, 0.717) is 31.8 Å². The van der Waals surface area contributed by atoms with Crippen LogP contribution in [0.3, 0.4) is 0 Å². The van der Waals surface area contributed by atoms with Crippen molar-refractivity contribution in [1.82, 2.24) is 13.7 Å². The molecule has 1 fully saturated rings. The number of rotatable bonds is 2. The standard InChI is InChI=1S/C13H18N4O3S/c1-10-9-16(6-4-8-20-10)21(18,19)13-12(14)15-11-5-2-3-7-17(11)13/h2-3,5,7,10H,4,6,8-9,14H2,1H3. The average Bonchev–Trinajstić information content (AvgIpc) is 2.62. The van der Waals surface area contributed by atoms with Crippen LogP contribution in [0.1, 0.15) is 13.3 Å². The Hall–Kier alpha value is -1.64. The number of imidazole rings is 1. The summed E-state index contributed by atoms with van der Waals surface area (Å²) >= 11 is 0. The molecule has 1 unspecified atom stereocenters. The molecule has 0 bridgehead atoms. The maximum atomic E-state index is 12.9. The first-order valence-electron chi connectivity index (χ1n) is 6.84. The van der Waals surface area contributed by atoms with Crippen LogP contribution in [0.2, 0.25) is 0 Å². The summed E-state index contributed by atoms with van der Waals surface area (Å²) in [6.07, 6.45) is 2.19. The maximum absolute atomic E-state index is 12.9. The highest BCUT2D eigenvalue weighted by atomic mass is 32.2. The topological polar surface area (TPSA) is 89.9 Å². The molecule has 2 aromatic rings. The Balaban J connectivity index is 2.09. The highest BCUT2D eigenvalue weighted by Gasteiger charge is 2.32. The molecule has 114 valence electrons. The van der Waals surface area contributed by atoms with E-state index in [2.05, 4.69) is 4.98 Å². The summed E-state index contributed by atoms with van der Waals surface area (Å²) in [5.74, 6) is 0.0269. The molecular weight excluding hydrogens is 292 g/mol. The number of aromatic nitrogens is 2. The van der Waals surface area contributed by atoms with Gasteiger partial charge in [-0.3, -0.25) is 4.40 Å². The molecule has 7 nitrogen and oxygen atoms in total. The van der Waals surface area contributed by atoms with Gasteiger partial charge in [0.1, 0.15) is 5.65 Å². The summed E-state index contributed by atoms with van der Waals surface area (Å²) in [7, 11) is -3.70. The van der Waals surface area contributed by atoms with Crippen molar-refractivity contribution in [3.8, 4) is 0 Å². The molecule has 1 aliphatic heterocycles. The van der Waals surface area contributed by atoms with Gasteiger partial charge < -0.3 is 10.5 Å². The normalized spacial score (nSPS) is 21.5. The summed E-state index contributed by atoms with van der Waals surface area (Å²) in [5.41, 5.74) is 6.37. The molecular formula is C13H18N4O3S. The number of fused-ring (bicyclic) bond motifs is 1. The van der Waals surface area contributed by atoms with Crippen molar-refractivity contribution >= 4 is 21.5 Å². The molecule has 1 aliphatic rings. The fourth-order valence-corrected chi connectivity index (χ4v) is 4.28. The lowest BCUT2D eigenvalue weighted by Crippen LogP contribution is -2.36. The van der Waals surface area contributed by atoms with Crippen LogP contribution in [-0.2, 0) is 14.8 Å². The van der Waals surface area contributed by atoms with Crippen molar-refractivity contribution < 1.29 is 13.2 Å². The number of pyridine rings is 1. The van der Waals surface area contributed by atoms with Gasteiger partial charge in [0, 0.05) is 25.9 Å². The minimum Gasteiger partial charge on any atom is -0.381 e. The van der Waals surface area contributed by atoms with E-state index in [0.717, 1.165) is 0 Å². The predicted molar refractivity (Wildman–Crippen MR) is 78.4 cm³/mol. The number of nitrogens with zero attached hydrogens (tertiary/aromatic N) is 3. The van der Waals surface area contributed by atoms with E-state index >= 15 is 0 Å². The summed E-state index contributed by atoms with van der Waals surface area (Å²) in [6, 6.07) is 5.27. The first kappa shape index (κ1) is 14.3. The third-order valence-electron chi connectivity index (χ3n) is 3.51. The quantitative estimate of drug-likeness (QED) is 0.882. The molecule has 0 aliphatic carbocycles. The van der Waals surface area contributed by atoms with Gasteiger partial charge in [0.05, 0.1) is 6.10 Å². The number of ether oxygens (including phenoxy) is 1.